The smallest absolute Gasteiger partial charge is 0.128 e. The predicted octanol–water partition coefficient (Wildman–Crippen LogP) is 4.37. The van der Waals surface area contributed by atoms with Crippen LogP contribution in [0.1, 0.15) is 0 Å². The van der Waals surface area contributed by atoms with Gasteiger partial charge in [-0.3, -0.25) is 0 Å². The Morgan fingerprint density at radius 2 is 1.76 bits per heavy atom. The van der Waals surface area contributed by atoms with Crippen LogP contribution in [0.25, 0.3) is 11.1 Å². The Morgan fingerprint density at radius 3 is 2.41 bits per heavy atom. The second kappa shape index (κ2) is 4.86. The van der Waals surface area contributed by atoms with Crippen LogP contribution in [0.4, 0.5) is 0 Å². The average Bonchev–Trinajstić information content (AvgIpc) is 2.27. The summed E-state index contributed by atoms with van der Waals surface area (Å²) in [6.45, 7) is 0. The van der Waals surface area contributed by atoms with Crippen molar-refractivity contribution in [1.29, 1.82) is 0 Å². The Hall–Kier alpha value is -1.38. The third-order valence-electron chi connectivity index (χ3n) is 2.36. The van der Waals surface area contributed by atoms with E-state index in [0.29, 0.717) is 15.8 Å². The van der Waals surface area contributed by atoms with Gasteiger partial charge in [0.1, 0.15) is 11.5 Å². The van der Waals surface area contributed by atoms with Crippen molar-refractivity contribution in [3.8, 4) is 22.6 Å². The zero-order chi connectivity index (χ0) is 12.4. The molecule has 2 rings (SSSR count). The van der Waals surface area contributed by atoms with Gasteiger partial charge in [-0.25, -0.2) is 0 Å². The monoisotopic (exact) mass is 268 g/mol. The first kappa shape index (κ1) is 12.1. The van der Waals surface area contributed by atoms with Crippen molar-refractivity contribution in [2.75, 3.05) is 7.11 Å². The third-order valence-corrected chi connectivity index (χ3v) is 2.81. The summed E-state index contributed by atoms with van der Waals surface area (Å²) in [5.74, 6) is 0.753. The predicted molar refractivity (Wildman–Crippen MR) is 70.1 cm³/mol. The van der Waals surface area contributed by atoms with Gasteiger partial charge in [0.05, 0.1) is 7.11 Å². The van der Waals surface area contributed by atoms with E-state index in [1.807, 2.05) is 6.07 Å². The first-order chi connectivity index (χ1) is 8.10. The summed E-state index contributed by atoms with van der Waals surface area (Å²) in [4.78, 5) is 0. The van der Waals surface area contributed by atoms with Crippen LogP contribution in [0.5, 0.6) is 11.5 Å². The summed E-state index contributed by atoms with van der Waals surface area (Å²) >= 11 is 11.8. The molecule has 17 heavy (non-hydrogen) atoms. The van der Waals surface area contributed by atoms with E-state index in [9.17, 15) is 5.11 Å². The highest BCUT2D eigenvalue weighted by Crippen LogP contribution is 2.35. The number of halogens is 2. The third kappa shape index (κ3) is 2.65. The molecular weight excluding hydrogens is 259 g/mol. The quantitative estimate of drug-likeness (QED) is 0.876. The molecule has 0 aliphatic rings. The highest BCUT2D eigenvalue weighted by atomic mass is 35.5. The molecule has 0 atom stereocenters. The first-order valence-corrected chi connectivity index (χ1v) is 5.69. The molecule has 0 unspecified atom stereocenters. The molecule has 0 fully saturated rings. The molecule has 4 heteroatoms. The van der Waals surface area contributed by atoms with E-state index < -0.39 is 0 Å². The van der Waals surface area contributed by atoms with Crippen LogP contribution in [-0.4, -0.2) is 12.2 Å². The lowest BCUT2D eigenvalue weighted by molar-refractivity contribution is 0.416. The first-order valence-electron chi connectivity index (χ1n) is 4.93. The summed E-state index contributed by atoms with van der Waals surface area (Å²) in [5, 5.41) is 10.6. The molecule has 0 spiro atoms. The van der Waals surface area contributed by atoms with Gasteiger partial charge in [-0.1, -0.05) is 23.2 Å². The van der Waals surface area contributed by atoms with Gasteiger partial charge in [0.2, 0.25) is 0 Å². The minimum atomic E-state index is 0.115. The Labute approximate surface area is 109 Å². The molecule has 2 aromatic carbocycles. The highest BCUT2D eigenvalue weighted by molar-refractivity contribution is 6.31. The summed E-state index contributed by atoms with van der Waals surface area (Å²) in [5.41, 5.74) is 1.61. The summed E-state index contributed by atoms with van der Waals surface area (Å²) in [6.07, 6.45) is 0. The van der Waals surface area contributed by atoms with E-state index >= 15 is 0 Å². The van der Waals surface area contributed by atoms with Crippen molar-refractivity contribution in [2.24, 2.45) is 0 Å². The summed E-state index contributed by atoms with van der Waals surface area (Å²) in [6, 6.07) is 10.2. The Kier molecular flexibility index (Phi) is 3.46. The van der Waals surface area contributed by atoms with Crippen molar-refractivity contribution in [3.05, 3.63) is 46.4 Å². The number of aromatic hydroxyl groups is 1. The lowest BCUT2D eigenvalue weighted by Gasteiger charge is -2.09. The minimum Gasteiger partial charge on any atom is -0.508 e. The van der Waals surface area contributed by atoms with Crippen LogP contribution in [0.2, 0.25) is 10.0 Å². The molecule has 1 N–H and O–H groups in total. The Bertz CT molecular complexity index is 533. The second-order valence-electron chi connectivity index (χ2n) is 3.54. The number of phenols is 1. The molecule has 88 valence electrons. The van der Waals surface area contributed by atoms with Gasteiger partial charge in [0, 0.05) is 15.6 Å². The largest absolute Gasteiger partial charge is 0.508 e. The maximum Gasteiger partial charge on any atom is 0.128 e. The normalized spacial score (nSPS) is 10.3. The van der Waals surface area contributed by atoms with E-state index in [4.69, 9.17) is 27.9 Å². The number of methoxy groups -OCH3 is 1. The fourth-order valence-electron chi connectivity index (χ4n) is 1.63. The zero-order valence-corrected chi connectivity index (χ0v) is 10.6. The fourth-order valence-corrected chi connectivity index (χ4v) is 2.02. The Balaban J connectivity index is 2.59. The van der Waals surface area contributed by atoms with E-state index in [0.717, 1.165) is 11.1 Å². The molecule has 0 saturated heterocycles. The molecule has 0 aliphatic heterocycles. The van der Waals surface area contributed by atoms with Crippen LogP contribution >= 0.6 is 23.2 Å². The molecule has 0 radical (unpaired) electrons. The topological polar surface area (TPSA) is 29.5 Å². The molecule has 0 bridgehead atoms. The minimum absolute atomic E-state index is 0.115. The van der Waals surface area contributed by atoms with Crippen LogP contribution in [0, 0.1) is 0 Å². The van der Waals surface area contributed by atoms with E-state index in [2.05, 4.69) is 0 Å². The Morgan fingerprint density at radius 1 is 1.00 bits per heavy atom. The number of benzene rings is 2. The molecule has 2 aromatic rings. The number of hydrogen-bond donors (Lipinski definition) is 1. The van der Waals surface area contributed by atoms with Gasteiger partial charge in [-0.05, 0) is 42.0 Å². The average molecular weight is 269 g/mol. The summed E-state index contributed by atoms with van der Waals surface area (Å²) in [7, 11) is 1.57. The summed E-state index contributed by atoms with van der Waals surface area (Å²) < 4.78 is 5.25. The van der Waals surface area contributed by atoms with Gasteiger partial charge >= 0.3 is 0 Å². The number of ether oxygens (including phenoxy) is 1. The van der Waals surface area contributed by atoms with Crippen molar-refractivity contribution >= 4 is 23.2 Å². The van der Waals surface area contributed by atoms with Crippen LogP contribution < -0.4 is 4.74 Å². The van der Waals surface area contributed by atoms with Gasteiger partial charge in [-0.15, -0.1) is 0 Å². The molecule has 0 aromatic heterocycles. The molecule has 0 saturated carbocycles. The molecule has 0 aliphatic carbocycles. The van der Waals surface area contributed by atoms with Crippen molar-refractivity contribution in [2.45, 2.75) is 0 Å². The van der Waals surface area contributed by atoms with E-state index in [1.54, 1.807) is 31.4 Å². The van der Waals surface area contributed by atoms with E-state index in [-0.39, 0.29) is 5.75 Å². The van der Waals surface area contributed by atoms with Crippen molar-refractivity contribution in [1.82, 2.24) is 0 Å². The van der Waals surface area contributed by atoms with Gasteiger partial charge in [-0.2, -0.15) is 0 Å². The van der Waals surface area contributed by atoms with Crippen molar-refractivity contribution in [3.63, 3.8) is 0 Å². The lowest BCUT2D eigenvalue weighted by atomic mass is 10.0. The number of rotatable bonds is 2. The zero-order valence-electron chi connectivity index (χ0n) is 9.08. The fraction of sp³-hybridized carbons (Fsp3) is 0.0769. The SMILES string of the molecule is COc1cc(Cl)ccc1-c1cc(O)cc(Cl)c1. The molecule has 2 nitrogen and oxygen atoms in total. The van der Waals surface area contributed by atoms with Crippen LogP contribution in [-0.2, 0) is 0 Å². The van der Waals surface area contributed by atoms with E-state index in [1.165, 1.54) is 6.07 Å². The van der Waals surface area contributed by atoms with Gasteiger partial charge in [0.25, 0.3) is 0 Å². The second-order valence-corrected chi connectivity index (χ2v) is 4.42. The van der Waals surface area contributed by atoms with Gasteiger partial charge < -0.3 is 9.84 Å². The van der Waals surface area contributed by atoms with Crippen LogP contribution in [0.15, 0.2) is 36.4 Å². The molecule has 0 amide bonds. The van der Waals surface area contributed by atoms with Gasteiger partial charge in [0.15, 0.2) is 0 Å². The number of hydrogen-bond acceptors (Lipinski definition) is 2. The van der Waals surface area contributed by atoms with Crippen molar-refractivity contribution < 1.29 is 9.84 Å². The maximum absolute atomic E-state index is 9.52. The number of phenolic OH excluding ortho intramolecular Hbond substituents is 1. The maximum atomic E-state index is 9.52. The highest BCUT2D eigenvalue weighted by Gasteiger charge is 2.08. The van der Waals surface area contributed by atoms with Crippen LogP contribution in [0.3, 0.4) is 0 Å². The standard InChI is InChI=1S/C13H10Cl2O2/c1-17-13-7-9(14)2-3-12(13)8-4-10(15)6-11(16)5-8/h2-7,16H,1H3. The molecule has 0 heterocycles. The molecular formula is C13H10Cl2O2. The lowest BCUT2D eigenvalue weighted by Crippen LogP contribution is -1.88.